The summed E-state index contributed by atoms with van der Waals surface area (Å²) in [5.41, 5.74) is 2.33. The number of ether oxygens (including phenoxy) is 1. The molecule has 2 aromatic carbocycles. The molecule has 7 nitrogen and oxygen atoms in total. The van der Waals surface area contributed by atoms with Gasteiger partial charge in [-0.1, -0.05) is 43.2 Å². The Balaban J connectivity index is 1.26. The number of amides is 1. The molecule has 9 heteroatoms. The molecule has 1 saturated heterocycles. The van der Waals surface area contributed by atoms with Crippen molar-refractivity contribution in [3.05, 3.63) is 54.3 Å². The summed E-state index contributed by atoms with van der Waals surface area (Å²) in [7, 11) is 0. The molecule has 2 fully saturated rings. The van der Waals surface area contributed by atoms with Crippen molar-refractivity contribution in [1.82, 2.24) is 14.8 Å². The molecule has 1 amide bonds. The Hall–Kier alpha value is -2.91. The lowest BCUT2D eigenvalue weighted by molar-refractivity contribution is -0.113. The zero-order valence-electron chi connectivity index (χ0n) is 19.7. The molecule has 184 valence electrons. The Morgan fingerprint density at radius 3 is 2.51 bits per heavy atom. The monoisotopic (exact) mass is 495 g/mol. The van der Waals surface area contributed by atoms with Crippen molar-refractivity contribution < 1.29 is 13.9 Å². The van der Waals surface area contributed by atoms with Gasteiger partial charge in [0.25, 0.3) is 0 Å². The van der Waals surface area contributed by atoms with Crippen LogP contribution in [-0.4, -0.2) is 52.7 Å². The average Bonchev–Trinajstić information content (AvgIpc) is 3.33. The van der Waals surface area contributed by atoms with E-state index in [1.165, 1.54) is 24.2 Å². The quantitative estimate of drug-likeness (QED) is 0.457. The molecule has 3 aromatic rings. The van der Waals surface area contributed by atoms with E-state index in [2.05, 4.69) is 20.4 Å². The fourth-order valence-corrected chi connectivity index (χ4v) is 5.58. The minimum atomic E-state index is -0.313. The molecule has 2 aliphatic rings. The number of aromatic nitrogens is 3. The van der Waals surface area contributed by atoms with Crippen LogP contribution >= 0.6 is 11.8 Å². The maximum atomic E-state index is 14.6. The normalized spacial score (nSPS) is 16.9. The number of nitrogens with one attached hydrogen (secondary N) is 1. The second kappa shape index (κ2) is 11.2. The number of halogens is 1. The topological polar surface area (TPSA) is 72.3 Å². The van der Waals surface area contributed by atoms with E-state index in [0.717, 1.165) is 63.4 Å². The standard InChI is InChI=1S/C26H30FN5O2S/c27-23-9-5-4-8-22(23)25-29-30-26(32(25)21-6-2-1-3-7-21)35-18-24(33)28-19-10-12-20(13-11-19)31-14-16-34-17-15-31/h4-5,8-13,21H,1-3,6-7,14-18H2,(H,28,33). The summed E-state index contributed by atoms with van der Waals surface area (Å²) >= 11 is 1.35. The number of hydrogen-bond donors (Lipinski definition) is 1. The summed E-state index contributed by atoms with van der Waals surface area (Å²) in [5, 5.41) is 12.3. The lowest BCUT2D eigenvalue weighted by atomic mass is 9.95. The molecule has 0 unspecified atom stereocenters. The summed E-state index contributed by atoms with van der Waals surface area (Å²) in [5.74, 6) is 0.316. The summed E-state index contributed by atoms with van der Waals surface area (Å²) in [6.07, 6.45) is 5.49. The van der Waals surface area contributed by atoms with Gasteiger partial charge < -0.3 is 15.0 Å². The highest BCUT2D eigenvalue weighted by Crippen LogP contribution is 2.36. The van der Waals surface area contributed by atoms with Crippen LogP contribution in [0.4, 0.5) is 15.8 Å². The Kier molecular flexibility index (Phi) is 7.63. The van der Waals surface area contributed by atoms with E-state index in [4.69, 9.17) is 4.74 Å². The average molecular weight is 496 g/mol. The predicted octanol–water partition coefficient (Wildman–Crippen LogP) is 5.16. The molecule has 0 bridgehead atoms. The molecule has 1 aliphatic carbocycles. The van der Waals surface area contributed by atoms with Crippen molar-refractivity contribution in [2.24, 2.45) is 0 Å². The summed E-state index contributed by atoms with van der Waals surface area (Å²) in [6.45, 7) is 3.22. The lowest BCUT2D eigenvalue weighted by Gasteiger charge is -2.28. The molecule has 2 heterocycles. The van der Waals surface area contributed by atoms with E-state index in [0.29, 0.717) is 16.5 Å². The molecule has 1 N–H and O–H groups in total. The van der Waals surface area contributed by atoms with Gasteiger partial charge in [0.15, 0.2) is 11.0 Å². The Morgan fingerprint density at radius 1 is 1.03 bits per heavy atom. The number of morpholine rings is 1. The number of anilines is 2. The van der Waals surface area contributed by atoms with Crippen molar-refractivity contribution in [1.29, 1.82) is 0 Å². The summed E-state index contributed by atoms with van der Waals surface area (Å²) in [4.78, 5) is 15.0. The number of carbonyl (C=O) groups excluding carboxylic acids is 1. The second-order valence-electron chi connectivity index (χ2n) is 8.93. The Morgan fingerprint density at radius 2 is 1.77 bits per heavy atom. The largest absolute Gasteiger partial charge is 0.378 e. The van der Waals surface area contributed by atoms with E-state index in [1.807, 2.05) is 34.9 Å². The zero-order valence-corrected chi connectivity index (χ0v) is 20.5. The highest BCUT2D eigenvalue weighted by Gasteiger charge is 2.25. The number of benzene rings is 2. The highest BCUT2D eigenvalue weighted by atomic mass is 32.2. The fraction of sp³-hybridized carbons (Fsp3) is 0.423. The molecule has 1 saturated carbocycles. The Labute approximate surface area is 209 Å². The van der Waals surface area contributed by atoms with Gasteiger partial charge in [0.2, 0.25) is 5.91 Å². The number of thioether (sulfide) groups is 1. The van der Waals surface area contributed by atoms with Crippen molar-refractivity contribution in [2.75, 3.05) is 42.3 Å². The molecular formula is C26H30FN5O2S. The maximum absolute atomic E-state index is 14.6. The van der Waals surface area contributed by atoms with Gasteiger partial charge in [-0.3, -0.25) is 9.36 Å². The smallest absolute Gasteiger partial charge is 0.234 e. The minimum absolute atomic E-state index is 0.111. The third-order valence-electron chi connectivity index (χ3n) is 6.58. The van der Waals surface area contributed by atoms with Gasteiger partial charge >= 0.3 is 0 Å². The minimum Gasteiger partial charge on any atom is -0.378 e. The fourth-order valence-electron chi connectivity index (χ4n) is 4.77. The van der Waals surface area contributed by atoms with E-state index >= 15 is 0 Å². The molecule has 0 spiro atoms. The Bertz CT molecular complexity index is 1140. The number of carbonyl (C=O) groups is 1. The second-order valence-corrected chi connectivity index (χ2v) is 9.87. The van der Waals surface area contributed by atoms with Gasteiger partial charge in [-0.2, -0.15) is 0 Å². The summed E-state index contributed by atoms with van der Waals surface area (Å²) < 4.78 is 22.0. The first-order valence-corrected chi connectivity index (χ1v) is 13.2. The van der Waals surface area contributed by atoms with Crippen molar-refractivity contribution in [3.63, 3.8) is 0 Å². The van der Waals surface area contributed by atoms with Gasteiger partial charge in [0.05, 0.1) is 24.5 Å². The maximum Gasteiger partial charge on any atom is 0.234 e. The number of rotatable bonds is 7. The van der Waals surface area contributed by atoms with Crippen LogP contribution in [-0.2, 0) is 9.53 Å². The van der Waals surface area contributed by atoms with E-state index in [-0.39, 0.29) is 23.5 Å². The lowest BCUT2D eigenvalue weighted by Crippen LogP contribution is -2.36. The highest BCUT2D eigenvalue weighted by molar-refractivity contribution is 7.99. The van der Waals surface area contributed by atoms with E-state index < -0.39 is 0 Å². The van der Waals surface area contributed by atoms with Crippen molar-refractivity contribution in [3.8, 4) is 11.4 Å². The van der Waals surface area contributed by atoms with Crippen LogP contribution in [0.3, 0.4) is 0 Å². The summed E-state index contributed by atoms with van der Waals surface area (Å²) in [6, 6.07) is 14.8. The van der Waals surface area contributed by atoms with Crippen LogP contribution in [0.2, 0.25) is 0 Å². The third-order valence-corrected chi connectivity index (χ3v) is 7.52. The first-order chi connectivity index (χ1) is 17.2. The van der Waals surface area contributed by atoms with Crippen LogP contribution < -0.4 is 10.2 Å². The number of hydrogen-bond acceptors (Lipinski definition) is 6. The van der Waals surface area contributed by atoms with Crippen LogP contribution in [0, 0.1) is 5.82 Å². The van der Waals surface area contributed by atoms with Gasteiger partial charge in [0, 0.05) is 30.5 Å². The molecule has 1 aliphatic heterocycles. The third kappa shape index (κ3) is 5.67. The first-order valence-electron chi connectivity index (χ1n) is 12.2. The zero-order chi connectivity index (χ0) is 24.0. The van der Waals surface area contributed by atoms with Gasteiger partial charge in [0.1, 0.15) is 5.82 Å². The van der Waals surface area contributed by atoms with Crippen LogP contribution in [0.5, 0.6) is 0 Å². The molecule has 5 rings (SSSR count). The molecule has 35 heavy (non-hydrogen) atoms. The number of nitrogens with zero attached hydrogens (tertiary/aromatic N) is 4. The van der Waals surface area contributed by atoms with Crippen molar-refractivity contribution >= 4 is 29.0 Å². The molecular weight excluding hydrogens is 465 g/mol. The molecule has 0 atom stereocenters. The van der Waals surface area contributed by atoms with Crippen LogP contribution in [0.15, 0.2) is 53.7 Å². The SMILES string of the molecule is O=C(CSc1nnc(-c2ccccc2F)n1C1CCCCC1)Nc1ccc(N2CCOCC2)cc1. The van der Waals surface area contributed by atoms with E-state index in [1.54, 1.807) is 12.1 Å². The van der Waals surface area contributed by atoms with Gasteiger partial charge in [-0.15, -0.1) is 10.2 Å². The molecule has 0 radical (unpaired) electrons. The molecule has 1 aromatic heterocycles. The van der Waals surface area contributed by atoms with Crippen LogP contribution in [0.1, 0.15) is 38.1 Å². The first kappa shape index (κ1) is 23.8. The van der Waals surface area contributed by atoms with Gasteiger partial charge in [-0.25, -0.2) is 4.39 Å². The van der Waals surface area contributed by atoms with Crippen molar-refractivity contribution in [2.45, 2.75) is 43.3 Å². The predicted molar refractivity (Wildman–Crippen MR) is 136 cm³/mol. The van der Waals surface area contributed by atoms with Crippen LogP contribution in [0.25, 0.3) is 11.4 Å². The van der Waals surface area contributed by atoms with Gasteiger partial charge in [-0.05, 0) is 49.2 Å². The van der Waals surface area contributed by atoms with E-state index in [9.17, 15) is 9.18 Å².